The number of nitriles is 1. The molecule has 0 saturated heterocycles. The van der Waals surface area contributed by atoms with Gasteiger partial charge in [-0.15, -0.1) is 0 Å². The van der Waals surface area contributed by atoms with Gasteiger partial charge in [-0.3, -0.25) is 4.98 Å². The molecule has 3 aromatic rings. The zero-order chi connectivity index (χ0) is 13.2. The van der Waals surface area contributed by atoms with E-state index in [1.165, 1.54) is 11.5 Å². The Labute approximate surface area is 114 Å². The summed E-state index contributed by atoms with van der Waals surface area (Å²) in [7, 11) is 0. The van der Waals surface area contributed by atoms with Gasteiger partial charge in [-0.1, -0.05) is 6.07 Å². The van der Waals surface area contributed by atoms with E-state index in [9.17, 15) is 0 Å². The number of hydrogen-bond donors (Lipinski definition) is 1. The van der Waals surface area contributed by atoms with Crippen molar-refractivity contribution in [2.75, 3.05) is 5.32 Å². The van der Waals surface area contributed by atoms with Crippen LogP contribution in [0.5, 0.6) is 0 Å². The Balaban J connectivity index is 2.09. The smallest absolute Gasteiger partial charge is 0.132 e. The fourth-order valence-electron chi connectivity index (χ4n) is 1.92. The molecule has 3 rings (SSSR count). The minimum atomic E-state index is 0.603. The normalized spacial score (nSPS) is 10.3. The van der Waals surface area contributed by atoms with Crippen LogP contribution in [0.1, 0.15) is 11.3 Å². The van der Waals surface area contributed by atoms with Crippen LogP contribution in [0.2, 0.25) is 0 Å². The lowest BCUT2D eigenvalue weighted by Crippen LogP contribution is -1.92. The van der Waals surface area contributed by atoms with Gasteiger partial charge in [0.2, 0.25) is 0 Å². The average Bonchev–Trinajstić information content (AvgIpc) is 2.79. The van der Waals surface area contributed by atoms with Gasteiger partial charge in [0.25, 0.3) is 0 Å². The van der Waals surface area contributed by atoms with Crippen molar-refractivity contribution >= 4 is 33.1 Å². The second-order valence-electron chi connectivity index (χ2n) is 4.08. The monoisotopic (exact) mass is 266 g/mol. The highest BCUT2D eigenvalue weighted by atomic mass is 32.1. The lowest BCUT2D eigenvalue weighted by Gasteiger charge is -2.07. The Morgan fingerprint density at radius 1 is 1.26 bits per heavy atom. The number of rotatable bonds is 2. The van der Waals surface area contributed by atoms with Crippen molar-refractivity contribution in [3.63, 3.8) is 0 Å². The summed E-state index contributed by atoms with van der Waals surface area (Å²) >= 11 is 1.30. The number of pyridine rings is 1. The van der Waals surface area contributed by atoms with Crippen LogP contribution in [-0.2, 0) is 0 Å². The van der Waals surface area contributed by atoms with Crippen LogP contribution >= 0.6 is 11.5 Å². The highest BCUT2D eigenvalue weighted by molar-refractivity contribution is 7.10. The van der Waals surface area contributed by atoms with Crippen LogP contribution in [0.25, 0.3) is 10.9 Å². The molecule has 0 aliphatic heterocycles. The standard InChI is InChI=1S/C14H10N4S/c1-9-11(8-15)14(19-18-9)17-13-6-2-5-12-10(13)4-3-7-16-12/h2-7,17H,1H3. The van der Waals surface area contributed by atoms with E-state index in [2.05, 4.69) is 20.7 Å². The Hall–Kier alpha value is -2.45. The highest BCUT2D eigenvalue weighted by Gasteiger charge is 2.11. The molecule has 0 amide bonds. The highest BCUT2D eigenvalue weighted by Crippen LogP contribution is 2.30. The van der Waals surface area contributed by atoms with E-state index in [1.54, 1.807) is 6.20 Å². The number of aromatic nitrogens is 2. The number of nitrogens with zero attached hydrogens (tertiary/aromatic N) is 3. The summed E-state index contributed by atoms with van der Waals surface area (Å²) in [6.07, 6.45) is 1.77. The lowest BCUT2D eigenvalue weighted by molar-refractivity contribution is 1.31. The molecule has 92 valence electrons. The van der Waals surface area contributed by atoms with E-state index in [-0.39, 0.29) is 0 Å². The van der Waals surface area contributed by atoms with Crippen molar-refractivity contribution < 1.29 is 0 Å². The largest absolute Gasteiger partial charge is 0.344 e. The fraction of sp³-hybridized carbons (Fsp3) is 0.0714. The Morgan fingerprint density at radius 3 is 3.00 bits per heavy atom. The first-order chi connectivity index (χ1) is 9.29. The van der Waals surface area contributed by atoms with E-state index in [0.717, 1.165) is 27.3 Å². The first-order valence-corrected chi connectivity index (χ1v) is 6.54. The van der Waals surface area contributed by atoms with Crippen LogP contribution in [0.15, 0.2) is 36.5 Å². The van der Waals surface area contributed by atoms with Gasteiger partial charge in [-0.25, -0.2) is 0 Å². The molecule has 0 aliphatic carbocycles. The Kier molecular flexibility index (Phi) is 2.86. The van der Waals surface area contributed by atoms with Crippen molar-refractivity contribution in [1.82, 2.24) is 9.36 Å². The third kappa shape index (κ3) is 2.02. The molecule has 0 unspecified atom stereocenters. The summed E-state index contributed by atoms with van der Waals surface area (Å²) in [5, 5.41) is 14.2. The van der Waals surface area contributed by atoms with Gasteiger partial charge >= 0.3 is 0 Å². The van der Waals surface area contributed by atoms with Gasteiger partial charge in [0.1, 0.15) is 16.6 Å². The SMILES string of the molecule is Cc1nsc(Nc2cccc3ncccc23)c1C#N. The van der Waals surface area contributed by atoms with Gasteiger partial charge in [0.15, 0.2) is 0 Å². The molecule has 2 heterocycles. The molecule has 0 aliphatic rings. The quantitative estimate of drug-likeness (QED) is 0.769. The topological polar surface area (TPSA) is 61.6 Å². The van der Waals surface area contributed by atoms with Crippen molar-refractivity contribution in [2.45, 2.75) is 6.92 Å². The van der Waals surface area contributed by atoms with Gasteiger partial charge in [0, 0.05) is 17.3 Å². The zero-order valence-electron chi connectivity index (χ0n) is 10.2. The molecule has 0 radical (unpaired) electrons. The number of hydrogen-bond acceptors (Lipinski definition) is 5. The molecule has 5 heteroatoms. The fourth-order valence-corrected chi connectivity index (χ4v) is 2.68. The molecule has 0 fully saturated rings. The molecule has 0 bridgehead atoms. The second-order valence-corrected chi connectivity index (χ2v) is 4.86. The lowest BCUT2D eigenvalue weighted by atomic mass is 10.2. The number of aryl methyl sites for hydroxylation is 1. The van der Waals surface area contributed by atoms with Crippen LogP contribution in [-0.4, -0.2) is 9.36 Å². The molecular weight excluding hydrogens is 256 g/mol. The van der Waals surface area contributed by atoms with Crippen molar-refractivity contribution in [3.8, 4) is 6.07 Å². The van der Waals surface area contributed by atoms with E-state index in [4.69, 9.17) is 5.26 Å². The predicted molar refractivity (Wildman–Crippen MR) is 76.6 cm³/mol. The predicted octanol–water partition coefficient (Wildman–Crippen LogP) is 3.62. The molecule has 4 nitrogen and oxygen atoms in total. The molecule has 19 heavy (non-hydrogen) atoms. The number of nitrogens with one attached hydrogen (secondary N) is 1. The molecule has 1 aromatic carbocycles. The maximum atomic E-state index is 9.14. The van der Waals surface area contributed by atoms with E-state index in [0.29, 0.717) is 5.56 Å². The van der Waals surface area contributed by atoms with Crippen molar-refractivity contribution in [2.24, 2.45) is 0 Å². The summed E-state index contributed by atoms with van der Waals surface area (Å²) in [6.45, 7) is 1.84. The van der Waals surface area contributed by atoms with Gasteiger partial charge in [0.05, 0.1) is 11.2 Å². The molecule has 0 spiro atoms. The minimum Gasteiger partial charge on any atom is -0.344 e. The van der Waals surface area contributed by atoms with Gasteiger partial charge < -0.3 is 5.32 Å². The van der Waals surface area contributed by atoms with E-state index in [1.807, 2.05) is 37.3 Å². The third-order valence-corrected chi connectivity index (χ3v) is 3.72. The summed E-state index contributed by atoms with van der Waals surface area (Å²) in [5.41, 5.74) is 3.22. The van der Waals surface area contributed by atoms with Crippen molar-refractivity contribution in [3.05, 3.63) is 47.8 Å². The summed E-state index contributed by atoms with van der Waals surface area (Å²) < 4.78 is 4.20. The van der Waals surface area contributed by atoms with Crippen molar-refractivity contribution in [1.29, 1.82) is 5.26 Å². The molecule has 1 N–H and O–H groups in total. The summed E-state index contributed by atoms with van der Waals surface area (Å²) in [4.78, 5) is 4.31. The molecule has 2 aromatic heterocycles. The molecule has 0 atom stereocenters. The van der Waals surface area contributed by atoms with Gasteiger partial charge in [-0.05, 0) is 42.7 Å². The first kappa shape index (κ1) is 11.6. The maximum absolute atomic E-state index is 9.14. The summed E-state index contributed by atoms with van der Waals surface area (Å²) in [6, 6.07) is 12.0. The zero-order valence-corrected chi connectivity index (χ0v) is 11.0. The number of benzene rings is 1. The average molecular weight is 266 g/mol. The van der Waals surface area contributed by atoms with E-state index < -0.39 is 0 Å². The number of anilines is 2. The maximum Gasteiger partial charge on any atom is 0.132 e. The Morgan fingerprint density at radius 2 is 2.16 bits per heavy atom. The van der Waals surface area contributed by atoms with Crippen LogP contribution in [0.4, 0.5) is 10.7 Å². The third-order valence-electron chi connectivity index (χ3n) is 2.87. The Bertz CT molecular complexity index is 780. The first-order valence-electron chi connectivity index (χ1n) is 5.77. The van der Waals surface area contributed by atoms with Crippen LogP contribution in [0.3, 0.4) is 0 Å². The van der Waals surface area contributed by atoms with Crippen LogP contribution in [0, 0.1) is 18.3 Å². The minimum absolute atomic E-state index is 0.603. The summed E-state index contributed by atoms with van der Waals surface area (Å²) in [5.74, 6) is 0. The second kappa shape index (κ2) is 4.67. The molecule has 0 saturated carbocycles. The van der Waals surface area contributed by atoms with E-state index >= 15 is 0 Å². The number of fused-ring (bicyclic) bond motifs is 1. The van der Waals surface area contributed by atoms with Gasteiger partial charge in [-0.2, -0.15) is 9.64 Å². The van der Waals surface area contributed by atoms with Crippen LogP contribution < -0.4 is 5.32 Å². The molecular formula is C14H10N4S.